The summed E-state index contributed by atoms with van der Waals surface area (Å²) in [7, 11) is -3.94. The number of halogens is 1. The predicted octanol–water partition coefficient (Wildman–Crippen LogP) is 1.27. The van der Waals surface area contributed by atoms with Crippen LogP contribution in [-0.4, -0.2) is 21.0 Å². The van der Waals surface area contributed by atoms with Gasteiger partial charge in [-0.1, -0.05) is 15.9 Å². The Kier molecular flexibility index (Phi) is 4.06. The minimum atomic E-state index is -3.94. The fraction of sp³-hybridized carbons (Fsp3) is 0.222. The Bertz CT molecular complexity index is 512. The molecule has 0 heterocycles. The number of primary sulfonamides is 1. The molecule has 88 valence electrons. The second kappa shape index (κ2) is 4.94. The van der Waals surface area contributed by atoms with Crippen molar-refractivity contribution in [1.82, 2.24) is 0 Å². The Labute approximate surface area is 102 Å². The molecule has 0 aliphatic heterocycles. The number of carbonyl (C=O) groups is 1. The van der Waals surface area contributed by atoms with Crippen LogP contribution in [0.5, 0.6) is 0 Å². The highest BCUT2D eigenvalue weighted by atomic mass is 79.9. The molecule has 0 fully saturated rings. The van der Waals surface area contributed by atoms with Gasteiger partial charge in [-0.25, -0.2) is 18.4 Å². The highest BCUT2D eigenvalue weighted by molar-refractivity contribution is 9.10. The van der Waals surface area contributed by atoms with Crippen LogP contribution in [0.2, 0.25) is 0 Å². The van der Waals surface area contributed by atoms with E-state index >= 15 is 0 Å². The molecule has 0 saturated carbocycles. The molecule has 0 spiro atoms. The highest BCUT2D eigenvalue weighted by Crippen LogP contribution is 2.20. The molecular formula is C9H10BrNO4S. The fourth-order valence-electron chi connectivity index (χ4n) is 1.12. The van der Waals surface area contributed by atoms with Gasteiger partial charge in [0.1, 0.15) is 0 Å². The number of nitrogens with two attached hydrogens (primary N) is 1. The maximum Gasteiger partial charge on any atom is 0.339 e. The summed E-state index contributed by atoms with van der Waals surface area (Å²) in [6.07, 6.45) is 0. The number of hydrogen-bond acceptors (Lipinski definition) is 4. The van der Waals surface area contributed by atoms with Gasteiger partial charge in [-0.15, -0.1) is 0 Å². The van der Waals surface area contributed by atoms with Gasteiger partial charge in [0.15, 0.2) is 0 Å². The standard InChI is InChI=1S/C9H10BrNO4S/c1-2-15-9(12)7-5-6(10)3-4-8(7)16(11,13)14/h3-5H,2H2,1H3,(H2,11,13,14). The number of rotatable bonds is 3. The number of esters is 1. The molecule has 0 aliphatic rings. The van der Waals surface area contributed by atoms with Crippen LogP contribution in [-0.2, 0) is 14.8 Å². The van der Waals surface area contributed by atoms with Crippen LogP contribution >= 0.6 is 15.9 Å². The molecule has 16 heavy (non-hydrogen) atoms. The summed E-state index contributed by atoms with van der Waals surface area (Å²) >= 11 is 3.14. The van der Waals surface area contributed by atoms with Crippen molar-refractivity contribution >= 4 is 31.9 Å². The Morgan fingerprint density at radius 1 is 1.50 bits per heavy atom. The van der Waals surface area contributed by atoms with Gasteiger partial charge in [0.25, 0.3) is 0 Å². The average molecular weight is 308 g/mol. The number of ether oxygens (including phenoxy) is 1. The molecule has 0 saturated heterocycles. The van der Waals surface area contributed by atoms with Crippen LogP contribution in [0, 0.1) is 0 Å². The van der Waals surface area contributed by atoms with Crippen molar-refractivity contribution in [2.24, 2.45) is 5.14 Å². The first-order valence-corrected chi connectivity index (χ1v) is 6.69. The van der Waals surface area contributed by atoms with E-state index in [0.29, 0.717) is 4.47 Å². The van der Waals surface area contributed by atoms with Crippen molar-refractivity contribution in [2.75, 3.05) is 6.61 Å². The number of sulfonamides is 1. The van der Waals surface area contributed by atoms with E-state index in [0.717, 1.165) is 0 Å². The first-order chi connectivity index (χ1) is 7.36. The fourth-order valence-corrected chi connectivity index (χ4v) is 2.19. The minimum Gasteiger partial charge on any atom is -0.462 e. The first-order valence-electron chi connectivity index (χ1n) is 4.35. The zero-order valence-corrected chi connectivity index (χ0v) is 10.8. The summed E-state index contributed by atoms with van der Waals surface area (Å²) < 4.78 is 27.8. The van der Waals surface area contributed by atoms with E-state index in [1.54, 1.807) is 6.92 Å². The van der Waals surface area contributed by atoms with E-state index < -0.39 is 16.0 Å². The first kappa shape index (κ1) is 13.1. The number of benzene rings is 1. The van der Waals surface area contributed by atoms with Gasteiger partial charge in [-0.05, 0) is 25.1 Å². The molecule has 0 aromatic heterocycles. The molecule has 7 heteroatoms. The largest absolute Gasteiger partial charge is 0.462 e. The normalized spacial score (nSPS) is 11.2. The van der Waals surface area contributed by atoms with Crippen LogP contribution in [0.4, 0.5) is 0 Å². The van der Waals surface area contributed by atoms with Crippen molar-refractivity contribution in [2.45, 2.75) is 11.8 Å². The van der Waals surface area contributed by atoms with Crippen molar-refractivity contribution in [1.29, 1.82) is 0 Å². The third-order valence-corrected chi connectivity index (χ3v) is 3.21. The van der Waals surface area contributed by atoms with Gasteiger partial charge >= 0.3 is 5.97 Å². The van der Waals surface area contributed by atoms with E-state index in [-0.39, 0.29) is 17.1 Å². The topological polar surface area (TPSA) is 86.5 Å². The molecule has 1 rings (SSSR count). The molecule has 0 atom stereocenters. The Hall–Kier alpha value is -0.920. The van der Waals surface area contributed by atoms with Crippen molar-refractivity contribution < 1.29 is 17.9 Å². The van der Waals surface area contributed by atoms with E-state index in [1.165, 1.54) is 18.2 Å². The van der Waals surface area contributed by atoms with Crippen LogP contribution in [0.3, 0.4) is 0 Å². The van der Waals surface area contributed by atoms with E-state index in [4.69, 9.17) is 9.88 Å². The number of hydrogen-bond donors (Lipinski definition) is 1. The summed E-state index contributed by atoms with van der Waals surface area (Å²) in [4.78, 5) is 11.3. The molecule has 0 unspecified atom stereocenters. The second-order valence-electron chi connectivity index (χ2n) is 2.91. The third kappa shape index (κ3) is 3.03. The van der Waals surface area contributed by atoms with Gasteiger partial charge < -0.3 is 4.74 Å². The Morgan fingerprint density at radius 3 is 2.62 bits per heavy atom. The summed E-state index contributed by atoms with van der Waals surface area (Å²) in [5, 5.41) is 4.99. The van der Waals surface area contributed by atoms with E-state index in [2.05, 4.69) is 15.9 Å². The molecule has 0 amide bonds. The van der Waals surface area contributed by atoms with Gasteiger partial charge in [0.2, 0.25) is 10.0 Å². The lowest BCUT2D eigenvalue weighted by Gasteiger charge is -2.07. The van der Waals surface area contributed by atoms with E-state index in [9.17, 15) is 13.2 Å². The minimum absolute atomic E-state index is 0.0706. The molecule has 2 N–H and O–H groups in total. The van der Waals surface area contributed by atoms with Gasteiger partial charge in [-0.3, -0.25) is 0 Å². The Balaban J connectivity index is 3.35. The summed E-state index contributed by atoms with van der Waals surface area (Å²) in [6, 6.07) is 4.10. The SMILES string of the molecule is CCOC(=O)c1cc(Br)ccc1S(N)(=O)=O. The van der Waals surface area contributed by atoms with E-state index in [1.807, 2.05) is 0 Å². The Morgan fingerprint density at radius 2 is 2.12 bits per heavy atom. The van der Waals surface area contributed by atoms with Crippen LogP contribution in [0.15, 0.2) is 27.6 Å². The van der Waals surface area contributed by atoms with Gasteiger partial charge in [0.05, 0.1) is 17.1 Å². The van der Waals surface area contributed by atoms with Crippen molar-refractivity contribution in [3.63, 3.8) is 0 Å². The summed E-state index contributed by atoms with van der Waals surface area (Å²) in [6.45, 7) is 1.79. The van der Waals surface area contributed by atoms with Crippen LogP contribution in [0.25, 0.3) is 0 Å². The van der Waals surface area contributed by atoms with Crippen LogP contribution < -0.4 is 5.14 Å². The van der Waals surface area contributed by atoms with Crippen LogP contribution in [0.1, 0.15) is 17.3 Å². The van der Waals surface area contributed by atoms with Crippen molar-refractivity contribution in [3.05, 3.63) is 28.2 Å². The molecule has 1 aromatic carbocycles. The summed E-state index contributed by atoms with van der Waals surface area (Å²) in [5.41, 5.74) is -0.0706. The molecule has 0 aliphatic carbocycles. The predicted molar refractivity (Wildman–Crippen MR) is 61.5 cm³/mol. The number of carbonyl (C=O) groups excluding carboxylic acids is 1. The quantitative estimate of drug-likeness (QED) is 0.852. The average Bonchev–Trinajstić information content (AvgIpc) is 2.16. The molecule has 1 aromatic rings. The zero-order valence-electron chi connectivity index (χ0n) is 8.44. The highest BCUT2D eigenvalue weighted by Gasteiger charge is 2.20. The lowest BCUT2D eigenvalue weighted by Crippen LogP contribution is -2.18. The second-order valence-corrected chi connectivity index (χ2v) is 5.35. The zero-order chi connectivity index (χ0) is 12.3. The third-order valence-electron chi connectivity index (χ3n) is 1.74. The molecular weight excluding hydrogens is 298 g/mol. The van der Waals surface area contributed by atoms with Crippen molar-refractivity contribution in [3.8, 4) is 0 Å². The monoisotopic (exact) mass is 307 g/mol. The molecule has 0 radical (unpaired) electrons. The molecule has 5 nitrogen and oxygen atoms in total. The van der Waals surface area contributed by atoms with Gasteiger partial charge in [0, 0.05) is 4.47 Å². The smallest absolute Gasteiger partial charge is 0.339 e. The maximum absolute atomic E-state index is 11.5. The lowest BCUT2D eigenvalue weighted by molar-refractivity contribution is 0.0521. The maximum atomic E-state index is 11.5. The molecule has 0 bridgehead atoms. The lowest BCUT2D eigenvalue weighted by atomic mass is 10.2. The van der Waals surface area contributed by atoms with Gasteiger partial charge in [-0.2, -0.15) is 0 Å². The summed E-state index contributed by atoms with van der Waals surface area (Å²) in [5.74, 6) is -0.715.